The van der Waals surface area contributed by atoms with E-state index in [0.717, 1.165) is 11.8 Å². The van der Waals surface area contributed by atoms with E-state index in [2.05, 4.69) is 10.6 Å². The number of benzene rings is 1. The van der Waals surface area contributed by atoms with Gasteiger partial charge in [0.25, 0.3) is 5.24 Å². The van der Waals surface area contributed by atoms with Crippen LogP contribution in [0.2, 0.25) is 0 Å². The molecule has 1 aliphatic rings. The molecular weight excluding hydrogens is 280 g/mol. The van der Waals surface area contributed by atoms with Crippen LogP contribution in [0.3, 0.4) is 0 Å². The van der Waals surface area contributed by atoms with Gasteiger partial charge >= 0.3 is 5.97 Å². The quantitative estimate of drug-likeness (QED) is 0.767. The van der Waals surface area contributed by atoms with Gasteiger partial charge in [-0.15, -0.1) is 0 Å². The summed E-state index contributed by atoms with van der Waals surface area (Å²) in [6, 6.07) is 7.75. The molecule has 6 nitrogen and oxygen atoms in total. The third kappa shape index (κ3) is 2.77. The number of hydrogen-bond donors (Lipinski definition) is 3. The predicted octanol–water partition coefficient (Wildman–Crippen LogP) is 0.928. The summed E-state index contributed by atoms with van der Waals surface area (Å²) in [4.78, 5) is 34.7. The third-order valence-electron chi connectivity index (χ3n) is 3.14. The minimum atomic E-state index is -1.53. The topological polar surface area (TPSA) is 95.5 Å². The Hall–Kier alpha value is -2.02. The fourth-order valence-corrected chi connectivity index (χ4v) is 2.66. The zero-order chi connectivity index (χ0) is 14.8. The van der Waals surface area contributed by atoms with Crippen molar-refractivity contribution in [1.29, 1.82) is 0 Å². The van der Waals surface area contributed by atoms with Crippen molar-refractivity contribution in [1.82, 2.24) is 10.6 Å². The molecule has 0 saturated carbocycles. The zero-order valence-corrected chi connectivity index (χ0v) is 11.6. The van der Waals surface area contributed by atoms with Gasteiger partial charge in [0, 0.05) is 5.75 Å². The Balaban J connectivity index is 2.20. The van der Waals surface area contributed by atoms with E-state index in [1.165, 1.54) is 6.92 Å². The average molecular weight is 294 g/mol. The van der Waals surface area contributed by atoms with Crippen LogP contribution in [0, 0.1) is 0 Å². The molecule has 1 fully saturated rings. The van der Waals surface area contributed by atoms with Gasteiger partial charge < -0.3 is 15.7 Å². The molecule has 1 aromatic carbocycles. The number of aliphatic carboxylic acids is 1. The second kappa shape index (κ2) is 5.54. The van der Waals surface area contributed by atoms with Crippen LogP contribution in [0.25, 0.3) is 0 Å². The van der Waals surface area contributed by atoms with E-state index in [9.17, 15) is 19.5 Å². The van der Waals surface area contributed by atoms with E-state index < -0.39 is 23.5 Å². The first-order chi connectivity index (χ1) is 9.43. The molecular formula is C13H14N2O4S. The van der Waals surface area contributed by atoms with Gasteiger partial charge in [-0.25, -0.2) is 4.79 Å². The summed E-state index contributed by atoms with van der Waals surface area (Å²) in [7, 11) is 0. The standard InChI is InChI=1S/C13H14N2O4S/c1-13(11(17)18,8-5-3-2-4-6-8)15-10(16)9-7-20-12(19)14-9/h2-6,9H,7H2,1H3,(H,14,19)(H,15,16)(H,17,18). The molecule has 0 aliphatic carbocycles. The van der Waals surface area contributed by atoms with Crippen molar-refractivity contribution in [3.8, 4) is 0 Å². The molecule has 3 N–H and O–H groups in total. The highest BCUT2D eigenvalue weighted by molar-refractivity contribution is 8.14. The largest absolute Gasteiger partial charge is 0.479 e. The highest BCUT2D eigenvalue weighted by Gasteiger charge is 2.39. The van der Waals surface area contributed by atoms with Crippen molar-refractivity contribution in [2.24, 2.45) is 0 Å². The van der Waals surface area contributed by atoms with Gasteiger partial charge in [0.1, 0.15) is 6.04 Å². The first kappa shape index (κ1) is 14.4. The lowest BCUT2D eigenvalue weighted by atomic mass is 9.91. The Morgan fingerprint density at radius 3 is 2.55 bits per heavy atom. The van der Waals surface area contributed by atoms with Crippen LogP contribution in [0.1, 0.15) is 12.5 Å². The number of thioether (sulfide) groups is 1. The molecule has 1 aliphatic heterocycles. The second-order valence-corrected chi connectivity index (χ2v) is 5.57. The van der Waals surface area contributed by atoms with Gasteiger partial charge in [-0.05, 0) is 12.5 Å². The number of carboxylic acid groups (broad SMARTS) is 1. The van der Waals surface area contributed by atoms with E-state index in [4.69, 9.17) is 0 Å². The SMILES string of the molecule is CC(NC(=O)C1CSC(=O)N1)(C(=O)O)c1ccccc1. The summed E-state index contributed by atoms with van der Waals surface area (Å²) < 4.78 is 0. The van der Waals surface area contributed by atoms with Crippen LogP contribution in [-0.2, 0) is 15.1 Å². The minimum Gasteiger partial charge on any atom is -0.479 e. The molecule has 106 valence electrons. The summed E-state index contributed by atoms with van der Waals surface area (Å²) in [6.45, 7) is 1.42. The molecule has 0 spiro atoms. The molecule has 2 atom stereocenters. The van der Waals surface area contributed by atoms with Crippen molar-refractivity contribution in [2.75, 3.05) is 5.75 Å². The average Bonchev–Trinajstić information content (AvgIpc) is 2.86. The number of carboxylic acids is 1. The van der Waals surface area contributed by atoms with E-state index in [1.807, 2.05) is 0 Å². The van der Waals surface area contributed by atoms with Gasteiger partial charge in [0.05, 0.1) is 0 Å². The molecule has 20 heavy (non-hydrogen) atoms. The summed E-state index contributed by atoms with van der Waals surface area (Å²) in [5, 5.41) is 14.1. The van der Waals surface area contributed by atoms with Crippen LogP contribution in [-0.4, -0.2) is 34.0 Å². The second-order valence-electron chi connectivity index (χ2n) is 4.58. The van der Waals surface area contributed by atoms with Crippen LogP contribution in [0.5, 0.6) is 0 Å². The van der Waals surface area contributed by atoms with Gasteiger partial charge in [0.2, 0.25) is 5.91 Å². The monoisotopic (exact) mass is 294 g/mol. The third-order valence-corrected chi connectivity index (χ3v) is 4.02. The van der Waals surface area contributed by atoms with Gasteiger partial charge in [-0.1, -0.05) is 42.1 Å². The highest BCUT2D eigenvalue weighted by Crippen LogP contribution is 2.22. The molecule has 0 aromatic heterocycles. The Bertz CT molecular complexity index is 549. The Morgan fingerprint density at radius 2 is 2.05 bits per heavy atom. The van der Waals surface area contributed by atoms with Crippen molar-refractivity contribution >= 4 is 28.9 Å². The normalized spacial score (nSPS) is 20.9. The molecule has 2 amide bonds. The number of carbonyl (C=O) groups excluding carboxylic acids is 2. The highest BCUT2D eigenvalue weighted by atomic mass is 32.2. The van der Waals surface area contributed by atoms with Crippen molar-refractivity contribution in [3.63, 3.8) is 0 Å². The lowest BCUT2D eigenvalue weighted by Crippen LogP contribution is -2.55. The van der Waals surface area contributed by atoms with Crippen LogP contribution >= 0.6 is 11.8 Å². The van der Waals surface area contributed by atoms with Crippen LogP contribution in [0.4, 0.5) is 4.79 Å². The molecule has 0 bridgehead atoms. The number of amides is 2. The van der Waals surface area contributed by atoms with Crippen molar-refractivity contribution in [3.05, 3.63) is 35.9 Å². The maximum absolute atomic E-state index is 12.1. The molecule has 7 heteroatoms. The van der Waals surface area contributed by atoms with Gasteiger partial charge in [-0.3, -0.25) is 9.59 Å². The smallest absolute Gasteiger partial charge is 0.333 e. The fourth-order valence-electron chi connectivity index (χ4n) is 1.88. The van der Waals surface area contributed by atoms with Crippen molar-refractivity contribution < 1.29 is 19.5 Å². The molecule has 1 heterocycles. The van der Waals surface area contributed by atoms with Crippen molar-refractivity contribution in [2.45, 2.75) is 18.5 Å². The van der Waals surface area contributed by atoms with E-state index in [1.54, 1.807) is 30.3 Å². The van der Waals surface area contributed by atoms with Gasteiger partial charge in [-0.2, -0.15) is 0 Å². The molecule has 0 radical (unpaired) electrons. The zero-order valence-electron chi connectivity index (χ0n) is 10.8. The first-order valence-electron chi connectivity index (χ1n) is 5.98. The summed E-state index contributed by atoms with van der Waals surface area (Å²) in [6.07, 6.45) is 0. The predicted molar refractivity (Wildman–Crippen MR) is 74.4 cm³/mol. The van der Waals surface area contributed by atoms with Crippen LogP contribution in [0.15, 0.2) is 30.3 Å². The number of nitrogens with one attached hydrogen (secondary N) is 2. The van der Waals surface area contributed by atoms with Gasteiger partial charge in [0.15, 0.2) is 5.54 Å². The summed E-state index contributed by atoms with van der Waals surface area (Å²) in [5.41, 5.74) is -1.06. The molecule has 1 saturated heterocycles. The number of rotatable bonds is 4. The Morgan fingerprint density at radius 1 is 1.40 bits per heavy atom. The maximum Gasteiger partial charge on any atom is 0.333 e. The fraction of sp³-hybridized carbons (Fsp3) is 0.308. The molecule has 1 aromatic rings. The first-order valence-corrected chi connectivity index (χ1v) is 6.96. The van der Waals surface area contributed by atoms with E-state index in [-0.39, 0.29) is 5.24 Å². The number of carbonyl (C=O) groups is 3. The van der Waals surface area contributed by atoms with E-state index >= 15 is 0 Å². The minimum absolute atomic E-state index is 0.276. The lowest BCUT2D eigenvalue weighted by molar-refractivity contribution is -0.147. The Kier molecular flexibility index (Phi) is 3.99. The number of hydrogen-bond acceptors (Lipinski definition) is 4. The summed E-state index contributed by atoms with van der Waals surface area (Å²) >= 11 is 1.01. The summed E-state index contributed by atoms with van der Waals surface area (Å²) in [5.74, 6) is -1.36. The lowest BCUT2D eigenvalue weighted by Gasteiger charge is -2.28. The Labute approximate surface area is 119 Å². The van der Waals surface area contributed by atoms with E-state index in [0.29, 0.717) is 11.3 Å². The molecule has 2 unspecified atom stereocenters. The maximum atomic E-state index is 12.1. The van der Waals surface area contributed by atoms with Crippen LogP contribution < -0.4 is 10.6 Å². The molecule has 2 rings (SSSR count).